The number of aromatic nitrogens is 2. The van der Waals surface area contributed by atoms with Crippen molar-refractivity contribution in [3.63, 3.8) is 0 Å². The quantitative estimate of drug-likeness (QED) is 0.543. The molecule has 0 aliphatic rings. The molecule has 0 spiro atoms. The average molecular weight is 191 g/mol. The van der Waals surface area contributed by atoms with Crippen molar-refractivity contribution in [2.75, 3.05) is 6.54 Å². The molecule has 0 fully saturated rings. The molecule has 0 bridgehead atoms. The molecule has 3 heteroatoms. The smallest absolute Gasteiger partial charge is 0.0762 e. The molecule has 0 radical (unpaired) electrons. The summed E-state index contributed by atoms with van der Waals surface area (Å²) in [5.41, 5.74) is 1.09. The number of nitrogens with one attached hydrogen (secondary N) is 1. The first-order chi connectivity index (χ1) is 6.83. The van der Waals surface area contributed by atoms with Gasteiger partial charge in [-0.3, -0.25) is 4.68 Å². The number of aryl methyl sites for hydroxylation is 1. The second kappa shape index (κ2) is 6.22. The van der Waals surface area contributed by atoms with E-state index in [1.54, 1.807) is 0 Å². The van der Waals surface area contributed by atoms with Crippen LogP contribution in [0.5, 0.6) is 0 Å². The van der Waals surface area contributed by atoms with Gasteiger partial charge in [0.05, 0.1) is 5.69 Å². The van der Waals surface area contributed by atoms with Crippen LogP contribution in [-0.2, 0) is 13.6 Å². The van der Waals surface area contributed by atoms with E-state index in [2.05, 4.69) is 16.3 Å². The van der Waals surface area contributed by atoms with Crippen molar-refractivity contribution < 1.29 is 0 Å². The summed E-state index contributed by atoms with van der Waals surface area (Å²) < 4.78 is 1.81. The Hall–Kier alpha value is -1.27. The molecule has 0 unspecified atom stereocenters. The third-order valence-corrected chi connectivity index (χ3v) is 2.00. The van der Waals surface area contributed by atoms with Crippen molar-refractivity contribution in [1.29, 1.82) is 0 Å². The molecule has 1 rings (SSSR count). The van der Waals surface area contributed by atoms with Crippen molar-refractivity contribution >= 4 is 0 Å². The highest BCUT2D eigenvalue weighted by molar-refractivity contribution is 4.97. The normalized spacial score (nSPS) is 10.0. The molecule has 0 atom stereocenters. The SMILES string of the molecule is C#CCCCCNCc1ccn(C)n1. The van der Waals surface area contributed by atoms with E-state index < -0.39 is 0 Å². The van der Waals surface area contributed by atoms with E-state index in [4.69, 9.17) is 6.42 Å². The molecule has 0 aliphatic heterocycles. The summed E-state index contributed by atoms with van der Waals surface area (Å²) >= 11 is 0. The van der Waals surface area contributed by atoms with Gasteiger partial charge in [-0.15, -0.1) is 12.3 Å². The molecule has 1 N–H and O–H groups in total. The van der Waals surface area contributed by atoms with Gasteiger partial charge in [0.15, 0.2) is 0 Å². The third-order valence-electron chi connectivity index (χ3n) is 2.00. The van der Waals surface area contributed by atoms with E-state index in [1.807, 2.05) is 24.0 Å². The van der Waals surface area contributed by atoms with Crippen molar-refractivity contribution in [3.8, 4) is 12.3 Å². The summed E-state index contributed by atoms with van der Waals surface area (Å²) in [6, 6.07) is 2.02. The fourth-order valence-corrected chi connectivity index (χ4v) is 1.25. The van der Waals surface area contributed by atoms with Crippen LogP contribution in [0.15, 0.2) is 12.3 Å². The molecule has 1 aromatic rings. The maximum atomic E-state index is 5.15. The zero-order valence-electron chi connectivity index (χ0n) is 8.66. The highest BCUT2D eigenvalue weighted by Crippen LogP contribution is 1.95. The Morgan fingerprint density at radius 3 is 3.07 bits per heavy atom. The van der Waals surface area contributed by atoms with Gasteiger partial charge in [0.25, 0.3) is 0 Å². The van der Waals surface area contributed by atoms with Crippen molar-refractivity contribution in [1.82, 2.24) is 15.1 Å². The molecular weight excluding hydrogens is 174 g/mol. The number of terminal acetylenes is 1. The van der Waals surface area contributed by atoms with Crippen LogP contribution in [0.4, 0.5) is 0 Å². The molecule has 14 heavy (non-hydrogen) atoms. The zero-order chi connectivity index (χ0) is 10.2. The van der Waals surface area contributed by atoms with Gasteiger partial charge in [0, 0.05) is 26.2 Å². The first kappa shape index (κ1) is 10.8. The Kier molecular flexibility index (Phi) is 4.81. The van der Waals surface area contributed by atoms with Gasteiger partial charge in [-0.2, -0.15) is 5.10 Å². The fraction of sp³-hybridized carbons (Fsp3) is 0.545. The Bertz CT molecular complexity index is 296. The number of unbranched alkanes of at least 4 members (excludes halogenated alkanes) is 2. The summed E-state index contributed by atoms with van der Waals surface area (Å²) in [7, 11) is 1.93. The summed E-state index contributed by atoms with van der Waals surface area (Å²) in [4.78, 5) is 0. The largest absolute Gasteiger partial charge is 0.311 e. The van der Waals surface area contributed by atoms with Crippen LogP contribution in [0.3, 0.4) is 0 Å². The van der Waals surface area contributed by atoms with Gasteiger partial charge in [-0.25, -0.2) is 0 Å². The number of rotatable bonds is 6. The van der Waals surface area contributed by atoms with E-state index in [0.717, 1.165) is 38.0 Å². The first-order valence-electron chi connectivity index (χ1n) is 4.95. The topological polar surface area (TPSA) is 29.9 Å². The van der Waals surface area contributed by atoms with Gasteiger partial charge < -0.3 is 5.32 Å². The zero-order valence-corrected chi connectivity index (χ0v) is 8.66. The van der Waals surface area contributed by atoms with Gasteiger partial charge >= 0.3 is 0 Å². The number of hydrogen-bond donors (Lipinski definition) is 1. The van der Waals surface area contributed by atoms with E-state index >= 15 is 0 Å². The molecule has 1 aromatic heterocycles. The van der Waals surface area contributed by atoms with Crippen LogP contribution in [0.2, 0.25) is 0 Å². The fourth-order valence-electron chi connectivity index (χ4n) is 1.25. The third kappa shape index (κ3) is 4.11. The summed E-state index contributed by atoms with van der Waals surface area (Å²) in [5.74, 6) is 2.64. The van der Waals surface area contributed by atoms with Crippen LogP contribution < -0.4 is 5.32 Å². The monoisotopic (exact) mass is 191 g/mol. The van der Waals surface area contributed by atoms with Crippen LogP contribution in [0.25, 0.3) is 0 Å². The molecule has 0 amide bonds. The standard InChI is InChI=1S/C11H17N3/c1-3-4-5-6-8-12-10-11-7-9-14(2)13-11/h1,7,9,12H,4-6,8,10H2,2H3. The molecule has 1 heterocycles. The molecule has 0 aliphatic carbocycles. The summed E-state index contributed by atoms with van der Waals surface area (Å²) in [6.45, 7) is 1.86. The van der Waals surface area contributed by atoms with E-state index in [9.17, 15) is 0 Å². The lowest BCUT2D eigenvalue weighted by atomic mass is 10.2. The summed E-state index contributed by atoms with van der Waals surface area (Å²) in [6.07, 6.45) is 10.2. The molecular formula is C11H17N3. The Morgan fingerprint density at radius 1 is 1.57 bits per heavy atom. The minimum absolute atomic E-state index is 0.844. The lowest BCUT2D eigenvalue weighted by molar-refractivity contribution is 0.614. The van der Waals surface area contributed by atoms with Gasteiger partial charge in [0.1, 0.15) is 0 Å². The average Bonchev–Trinajstić information content (AvgIpc) is 2.58. The van der Waals surface area contributed by atoms with Crippen LogP contribution in [0, 0.1) is 12.3 Å². The lowest BCUT2D eigenvalue weighted by Gasteiger charge is -2.00. The second-order valence-electron chi connectivity index (χ2n) is 3.32. The Balaban J connectivity index is 2.02. The van der Waals surface area contributed by atoms with Gasteiger partial charge in [0.2, 0.25) is 0 Å². The minimum Gasteiger partial charge on any atom is -0.311 e. The molecule has 0 saturated heterocycles. The Morgan fingerprint density at radius 2 is 2.43 bits per heavy atom. The van der Waals surface area contributed by atoms with Crippen molar-refractivity contribution in [2.45, 2.75) is 25.8 Å². The number of hydrogen-bond acceptors (Lipinski definition) is 2. The maximum Gasteiger partial charge on any atom is 0.0762 e. The lowest BCUT2D eigenvalue weighted by Crippen LogP contribution is -2.15. The van der Waals surface area contributed by atoms with E-state index in [0.29, 0.717) is 0 Å². The van der Waals surface area contributed by atoms with E-state index in [1.165, 1.54) is 0 Å². The highest BCUT2D eigenvalue weighted by atomic mass is 15.3. The molecule has 3 nitrogen and oxygen atoms in total. The van der Waals surface area contributed by atoms with Crippen molar-refractivity contribution in [2.24, 2.45) is 7.05 Å². The molecule has 0 aromatic carbocycles. The molecule has 76 valence electrons. The minimum atomic E-state index is 0.844. The predicted molar refractivity (Wildman–Crippen MR) is 57.6 cm³/mol. The van der Waals surface area contributed by atoms with Gasteiger partial charge in [-0.05, 0) is 25.5 Å². The van der Waals surface area contributed by atoms with Gasteiger partial charge in [-0.1, -0.05) is 0 Å². The second-order valence-corrected chi connectivity index (χ2v) is 3.32. The highest BCUT2D eigenvalue weighted by Gasteiger charge is 1.94. The van der Waals surface area contributed by atoms with E-state index in [-0.39, 0.29) is 0 Å². The van der Waals surface area contributed by atoms with Crippen LogP contribution >= 0.6 is 0 Å². The maximum absolute atomic E-state index is 5.15. The van der Waals surface area contributed by atoms with Crippen LogP contribution in [0.1, 0.15) is 25.0 Å². The van der Waals surface area contributed by atoms with Crippen LogP contribution in [-0.4, -0.2) is 16.3 Å². The van der Waals surface area contributed by atoms with Crippen molar-refractivity contribution in [3.05, 3.63) is 18.0 Å². The Labute approximate surface area is 85.5 Å². The summed E-state index contributed by atoms with van der Waals surface area (Å²) in [5, 5.41) is 7.60. The molecule has 0 saturated carbocycles. The number of nitrogens with zero attached hydrogens (tertiary/aromatic N) is 2. The predicted octanol–water partition coefficient (Wildman–Crippen LogP) is 1.31. The first-order valence-corrected chi connectivity index (χ1v) is 4.95.